The highest BCUT2D eigenvalue weighted by Crippen LogP contribution is 2.24. The van der Waals surface area contributed by atoms with Gasteiger partial charge in [0.05, 0.1) is 0 Å². The number of hydrogen-bond donors (Lipinski definition) is 1. The Labute approximate surface area is 196 Å². The summed E-state index contributed by atoms with van der Waals surface area (Å²) < 4.78 is 5.77. The summed E-state index contributed by atoms with van der Waals surface area (Å²) in [5.74, 6) is 0.639. The molecule has 0 radical (unpaired) electrons. The quantitative estimate of drug-likeness (QED) is 0.530. The minimum absolute atomic E-state index is 0.0119. The largest absolute Gasteiger partial charge is 0.491 e. The van der Waals surface area contributed by atoms with Gasteiger partial charge < -0.3 is 14.7 Å². The fourth-order valence-corrected chi connectivity index (χ4v) is 4.25. The molecule has 4 rings (SSSR count). The van der Waals surface area contributed by atoms with Crippen molar-refractivity contribution in [3.63, 3.8) is 0 Å². The van der Waals surface area contributed by atoms with Gasteiger partial charge in [0.15, 0.2) is 5.78 Å². The van der Waals surface area contributed by atoms with Crippen molar-refractivity contribution in [2.24, 2.45) is 0 Å². The van der Waals surface area contributed by atoms with Gasteiger partial charge in [-0.15, -0.1) is 0 Å². The number of carbonyl (C=O) groups is 1. The Morgan fingerprint density at radius 1 is 0.879 bits per heavy atom. The van der Waals surface area contributed by atoms with Crippen LogP contribution in [0.25, 0.3) is 0 Å². The SMILES string of the molecule is Cc1cccc(N2CCN(CC(O)COc3ccc(C(=O)c4ccccc4)cc3)CC2)c1C. The molecular weight excluding hydrogens is 412 g/mol. The van der Waals surface area contributed by atoms with Gasteiger partial charge in [-0.2, -0.15) is 0 Å². The number of rotatable bonds is 8. The van der Waals surface area contributed by atoms with Crippen LogP contribution in [0, 0.1) is 13.8 Å². The van der Waals surface area contributed by atoms with E-state index >= 15 is 0 Å². The molecule has 1 aliphatic heterocycles. The zero-order valence-electron chi connectivity index (χ0n) is 19.4. The molecule has 0 saturated carbocycles. The summed E-state index contributed by atoms with van der Waals surface area (Å²) >= 11 is 0. The maximum atomic E-state index is 12.5. The highest BCUT2D eigenvalue weighted by Gasteiger charge is 2.21. The maximum Gasteiger partial charge on any atom is 0.193 e. The molecule has 1 unspecified atom stereocenters. The molecule has 0 bridgehead atoms. The Bertz CT molecular complexity index is 1060. The van der Waals surface area contributed by atoms with E-state index in [0.29, 0.717) is 23.4 Å². The summed E-state index contributed by atoms with van der Waals surface area (Å²) in [6.07, 6.45) is -0.567. The number of ether oxygens (including phenoxy) is 1. The number of benzene rings is 3. The molecule has 0 spiro atoms. The van der Waals surface area contributed by atoms with E-state index in [-0.39, 0.29) is 12.4 Å². The summed E-state index contributed by atoms with van der Waals surface area (Å²) in [5, 5.41) is 10.5. The topological polar surface area (TPSA) is 53.0 Å². The lowest BCUT2D eigenvalue weighted by Gasteiger charge is -2.37. The molecule has 1 atom stereocenters. The second kappa shape index (κ2) is 10.6. The molecule has 0 amide bonds. The molecule has 3 aromatic rings. The van der Waals surface area contributed by atoms with E-state index in [4.69, 9.17) is 4.74 Å². The average molecular weight is 445 g/mol. The van der Waals surface area contributed by atoms with Crippen molar-refractivity contribution >= 4 is 11.5 Å². The smallest absolute Gasteiger partial charge is 0.193 e. The first kappa shape index (κ1) is 23.0. The number of carbonyl (C=O) groups excluding carboxylic acids is 1. The Kier molecular flexibility index (Phi) is 7.43. The van der Waals surface area contributed by atoms with Gasteiger partial charge in [0, 0.05) is 49.5 Å². The van der Waals surface area contributed by atoms with Crippen LogP contribution in [0.4, 0.5) is 5.69 Å². The van der Waals surface area contributed by atoms with Crippen LogP contribution in [0.5, 0.6) is 5.75 Å². The second-order valence-corrected chi connectivity index (χ2v) is 8.69. The highest BCUT2D eigenvalue weighted by molar-refractivity contribution is 6.08. The van der Waals surface area contributed by atoms with Gasteiger partial charge in [0.2, 0.25) is 0 Å². The van der Waals surface area contributed by atoms with Crippen LogP contribution >= 0.6 is 0 Å². The molecule has 0 aliphatic carbocycles. The molecule has 0 aromatic heterocycles. The fraction of sp³-hybridized carbons (Fsp3) is 0.321. The van der Waals surface area contributed by atoms with Gasteiger partial charge in [-0.05, 0) is 55.3 Å². The number of piperazine rings is 1. The van der Waals surface area contributed by atoms with Gasteiger partial charge in [-0.1, -0.05) is 42.5 Å². The molecule has 5 heteroatoms. The van der Waals surface area contributed by atoms with Crippen LogP contribution in [-0.4, -0.2) is 61.2 Å². The first-order valence-electron chi connectivity index (χ1n) is 11.6. The van der Waals surface area contributed by atoms with Crippen molar-refractivity contribution in [2.45, 2.75) is 20.0 Å². The third kappa shape index (κ3) is 5.81. The maximum absolute atomic E-state index is 12.5. The summed E-state index contributed by atoms with van der Waals surface area (Å²) in [4.78, 5) is 17.2. The van der Waals surface area contributed by atoms with Gasteiger partial charge in [-0.25, -0.2) is 0 Å². The number of anilines is 1. The number of β-amino-alcohol motifs (C(OH)–C–C–N with tert-alkyl or cyclic N) is 1. The Balaban J connectivity index is 1.22. The van der Waals surface area contributed by atoms with Crippen LogP contribution in [0.1, 0.15) is 27.0 Å². The van der Waals surface area contributed by atoms with Gasteiger partial charge >= 0.3 is 0 Å². The van der Waals surface area contributed by atoms with Gasteiger partial charge in [-0.3, -0.25) is 9.69 Å². The summed E-state index contributed by atoms with van der Waals surface area (Å²) in [7, 11) is 0. The highest BCUT2D eigenvalue weighted by atomic mass is 16.5. The number of ketones is 1. The standard InChI is InChI=1S/C28H32N2O3/c1-21-7-6-10-27(22(21)2)30-17-15-29(16-18-30)19-25(31)20-33-26-13-11-24(12-14-26)28(32)23-8-4-3-5-9-23/h3-14,25,31H,15-20H2,1-2H3. The van der Waals surface area contributed by atoms with E-state index < -0.39 is 6.10 Å². The van der Waals surface area contributed by atoms with Crippen molar-refractivity contribution in [1.82, 2.24) is 4.90 Å². The molecular formula is C28H32N2O3. The van der Waals surface area contributed by atoms with Crippen LogP contribution in [-0.2, 0) is 0 Å². The van der Waals surface area contributed by atoms with Crippen LogP contribution in [0.2, 0.25) is 0 Å². The van der Waals surface area contributed by atoms with E-state index in [1.165, 1.54) is 16.8 Å². The molecule has 172 valence electrons. The Hall–Kier alpha value is -3.15. The lowest BCUT2D eigenvalue weighted by Crippen LogP contribution is -2.49. The van der Waals surface area contributed by atoms with E-state index in [9.17, 15) is 9.90 Å². The zero-order chi connectivity index (χ0) is 23.2. The lowest BCUT2D eigenvalue weighted by molar-refractivity contribution is 0.0663. The summed E-state index contributed by atoms with van der Waals surface area (Å²) in [5.41, 5.74) is 5.26. The Morgan fingerprint density at radius 2 is 1.55 bits per heavy atom. The molecule has 3 aromatic carbocycles. The molecule has 1 fully saturated rings. The van der Waals surface area contributed by atoms with E-state index in [0.717, 1.165) is 26.2 Å². The lowest BCUT2D eigenvalue weighted by atomic mass is 10.0. The minimum atomic E-state index is -0.567. The Morgan fingerprint density at radius 3 is 2.24 bits per heavy atom. The normalized spacial score (nSPS) is 15.3. The molecule has 1 heterocycles. The predicted molar refractivity (Wildman–Crippen MR) is 132 cm³/mol. The monoisotopic (exact) mass is 444 g/mol. The van der Waals surface area contributed by atoms with Gasteiger partial charge in [0.25, 0.3) is 0 Å². The summed E-state index contributed by atoms with van der Waals surface area (Å²) in [6, 6.07) is 22.8. The van der Waals surface area contributed by atoms with Crippen molar-refractivity contribution in [3.8, 4) is 5.75 Å². The first-order chi connectivity index (χ1) is 16.0. The third-order valence-corrected chi connectivity index (χ3v) is 6.35. The average Bonchev–Trinajstić information content (AvgIpc) is 2.85. The number of aliphatic hydroxyl groups excluding tert-OH is 1. The van der Waals surface area contributed by atoms with E-state index in [2.05, 4.69) is 41.8 Å². The number of aryl methyl sites for hydroxylation is 1. The second-order valence-electron chi connectivity index (χ2n) is 8.69. The van der Waals surface area contributed by atoms with Crippen LogP contribution < -0.4 is 9.64 Å². The number of aliphatic hydroxyl groups is 1. The van der Waals surface area contributed by atoms with Crippen molar-refractivity contribution in [2.75, 3.05) is 44.2 Å². The third-order valence-electron chi connectivity index (χ3n) is 6.35. The predicted octanol–water partition coefficient (Wildman–Crippen LogP) is 4.10. The summed E-state index contributed by atoms with van der Waals surface area (Å²) in [6.45, 7) is 8.89. The number of nitrogens with zero attached hydrogens (tertiary/aromatic N) is 2. The molecule has 1 N–H and O–H groups in total. The fourth-order valence-electron chi connectivity index (χ4n) is 4.25. The van der Waals surface area contributed by atoms with Crippen molar-refractivity contribution < 1.29 is 14.6 Å². The number of hydrogen-bond acceptors (Lipinski definition) is 5. The molecule has 1 saturated heterocycles. The molecule has 5 nitrogen and oxygen atoms in total. The zero-order valence-corrected chi connectivity index (χ0v) is 19.4. The minimum Gasteiger partial charge on any atom is -0.491 e. The van der Waals surface area contributed by atoms with Crippen LogP contribution in [0.15, 0.2) is 72.8 Å². The van der Waals surface area contributed by atoms with E-state index in [1.807, 2.05) is 30.3 Å². The molecule has 1 aliphatic rings. The van der Waals surface area contributed by atoms with Crippen molar-refractivity contribution in [3.05, 3.63) is 95.1 Å². The van der Waals surface area contributed by atoms with Crippen LogP contribution in [0.3, 0.4) is 0 Å². The van der Waals surface area contributed by atoms with E-state index in [1.54, 1.807) is 24.3 Å². The molecule has 33 heavy (non-hydrogen) atoms. The van der Waals surface area contributed by atoms with Crippen molar-refractivity contribution in [1.29, 1.82) is 0 Å². The van der Waals surface area contributed by atoms with Gasteiger partial charge in [0.1, 0.15) is 18.5 Å². The first-order valence-corrected chi connectivity index (χ1v) is 11.6.